The highest BCUT2D eigenvalue weighted by Crippen LogP contribution is 2.30. The molecular formula is C10H17NO. The van der Waals surface area contributed by atoms with E-state index < -0.39 is 0 Å². The van der Waals surface area contributed by atoms with Crippen molar-refractivity contribution in [2.75, 3.05) is 0 Å². The van der Waals surface area contributed by atoms with Gasteiger partial charge >= 0.3 is 0 Å². The van der Waals surface area contributed by atoms with Crippen molar-refractivity contribution < 1.29 is 4.74 Å². The van der Waals surface area contributed by atoms with Crippen LogP contribution in [0.4, 0.5) is 0 Å². The van der Waals surface area contributed by atoms with E-state index in [0.29, 0.717) is 18.1 Å². The van der Waals surface area contributed by atoms with Gasteiger partial charge in [0.2, 0.25) is 0 Å². The zero-order chi connectivity index (χ0) is 8.55. The molecule has 1 aliphatic carbocycles. The molecule has 0 bridgehead atoms. The lowest BCUT2D eigenvalue weighted by atomic mass is 10.1. The molecular weight excluding hydrogens is 150 g/mol. The maximum Gasteiger partial charge on any atom is 0.187 e. The molecule has 0 aromatic carbocycles. The molecule has 2 unspecified atom stereocenters. The van der Waals surface area contributed by atoms with Gasteiger partial charge in [0.15, 0.2) is 5.90 Å². The molecule has 1 aliphatic heterocycles. The van der Waals surface area contributed by atoms with E-state index in [2.05, 4.69) is 18.8 Å². The summed E-state index contributed by atoms with van der Waals surface area (Å²) < 4.78 is 5.71. The molecule has 2 heteroatoms. The van der Waals surface area contributed by atoms with E-state index in [0.717, 1.165) is 5.90 Å². The lowest BCUT2D eigenvalue weighted by Gasteiger charge is -2.11. The monoisotopic (exact) mass is 167 g/mol. The van der Waals surface area contributed by atoms with Gasteiger partial charge in [-0.15, -0.1) is 0 Å². The fraction of sp³-hybridized carbons (Fsp3) is 0.900. The van der Waals surface area contributed by atoms with Gasteiger partial charge in [-0.05, 0) is 26.7 Å². The fourth-order valence-corrected chi connectivity index (χ4v) is 2.00. The summed E-state index contributed by atoms with van der Waals surface area (Å²) in [5.74, 6) is 1.70. The number of hydrogen-bond donors (Lipinski definition) is 0. The molecule has 0 N–H and O–H groups in total. The van der Waals surface area contributed by atoms with Gasteiger partial charge in [0.1, 0.15) is 6.10 Å². The molecule has 0 aromatic rings. The van der Waals surface area contributed by atoms with Gasteiger partial charge in [-0.3, -0.25) is 0 Å². The number of rotatable bonds is 1. The van der Waals surface area contributed by atoms with Crippen LogP contribution in [0, 0.1) is 5.92 Å². The SMILES string of the molecule is CC1N=C(C2CCCC2)OC1C. The van der Waals surface area contributed by atoms with Crippen molar-refractivity contribution in [3.05, 3.63) is 0 Å². The Balaban J connectivity index is 2.00. The number of nitrogens with zero attached hydrogens (tertiary/aromatic N) is 1. The predicted octanol–water partition coefficient (Wildman–Crippen LogP) is 2.38. The zero-order valence-corrected chi connectivity index (χ0v) is 7.92. The summed E-state index contributed by atoms with van der Waals surface area (Å²) in [6.07, 6.45) is 5.60. The average molecular weight is 167 g/mol. The molecule has 1 heterocycles. The van der Waals surface area contributed by atoms with E-state index in [1.807, 2.05) is 0 Å². The summed E-state index contributed by atoms with van der Waals surface area (Å²) in [4.78, 5) is 4.55. The Labute approximate surface area is 74.0 Å². The van der Waals surface area contributed by atoms with Crippen molar-refractivity contribution in [1.82, 2.24) is 0 Å². The number of ether oxygens (including phenoxy) is 1. The van der Waals surface area contributed by atoms with Gasteiger partial charge in [0.05, 0.1) is 6.04 Å². The summed E-state index contributed by atoms with van der Waals surface area (Å²) in [5.41, 5.74) is 0. The summed E-state index contributed by atoms with van der Waals surface area (Å²) in [6.45, 7) is 4.24. The molecule has 0 radical (unpaired) electrons. The van der Waals surface area contributed by atoms with Crippen molar-refractivity contribution >= 4 is 5.90 Å². The molecule has 2 rings (SSSR count). The average Bonchev–Trinajstić information content (AvgIpc) is 2.61. The van der Waals surface area contributed by atoms with Crippen LogP contribution in [0.3, 0.4) is 0 Å². The molecule has 0 amide bonds. The van der Waals surface area contributed by atoms with Crippen LogP contribution in [0.15, 0.2) is 4.99 Å². The Hall–Kier alpha value is -0.530. The third-order valence-electron chi connectivity index (χ3n) is 3.02. The van der Waals surface area contributed by atoms with Crippen LogP contribution in [0.5, 0.6) is 0 Å². The minimum Gasteiger partial charge on any atom is -0.476 e. The van der Waals surface area contributed by atoms with Crippen molar-refractivity contribution in [1.29, 1.82) is 0 Å². The largest absolute Gasteiger partial charge is 0.476 e. The minimum atomic E-state index is 0.306. The van der Waals surface area contributed by atoms with E-state index in [4.69, 9.17) is 4.74 Å². The highest BCUT2D eigenvalue weighted by atomic mass is 16.5. The quantitative estimate of drug-likeness (QED) is 0.587. The van der Waals surface area contributed by atoms with Gasteiger partial charge in [0, 0.05) is 5.92 Å². The topological polar surface area (TPSA) is 21.6 Å². The van der Waals surface area contributed by atoms with E-state index in [-0.39, 0.29) is 0 Å². The molecule has 0 spiro atoms. The summed E-state index contributed by atoms with van der Waals surface area (Å²) in [6, 6.07) is 0.376. The number of aliphatic imine (C=N–C) groups is 1. The molecule has 2 aliphatic rings. The molecule has 1 fully saturated rings. The standard InChI is InChI=1S/C10H17NO/c1-7-8(2)12-10(11-7)9-5-3-4-6-9/h7-9H,3-6H2,1-2H3. The lowest BCUT2D eigenvalue weighted by molar-refractivity contribution is 0.205. The van der Waals surface area contributed by atoms with Gasteiger partial charge < -0.3 is 4.74 Å². The fourth-order valence-electron chi connectivity index (χ4n) is 2.00. The zero-order valence-electron chi connectivity index (χ0n) is 7.92. The Morgan fingerprint density at radius 2 is 1.92 bits per heavy atom. The molecule has 68 valence electrons. The molecule has 2 atom stereocenters. The minimum absolute atomic E-state index is 0.306. The first-order chi connectivity index (χ1) is 5.77. The third kappa shape index (κ3) is 1.35. The summed E-state index contributed by atoms with van der Waals surface area (Å²) in [7, 11) is 0. The van der Waals surface area contributed by atoms with Crippen molar-refractivity contribution in [2.45, 2.75) is 51.7 Å². The molecule has 0 aromatic heterocycles. The highest BCUT2D eigenvalue weighted by molar-refractivity contribution is 5.80. The first kappa shape index (κ1) is 8.09. The Kier molecular flexibility index (Phi) is 2.07. The lowest BCUT2D eigenvalue weighted by Crippen LogP contribution is -2.17. The molecule has 0 saturated heterocycles. The smallest absolute Gasteiger partial charge is 0.187 e. The highest BCUT2D eigenvalue weighted by Gasteiger charge is 2.30. The van der Waals surface area contributed by atoms with E-state index in [9.17, 15) is 0 Å². The van der Waals surface area contributed by atoms with Gasteiger partial charge in [-0.25, -0.2) is 4.99 Å². The maximum atomic E-state index is 5.71. The van der Waals surface area contributed by atoms with E-state index in [1.54, 1.807) is 0 Å². The Morgan fingerprint density at radius 1 is 1.25 bits per heavy atom. The predicted molar refractivity (Wildman–Crippen MR) is 49.4 cm³/mol. The van der Waals surface area contributed by atoms with Crippen LogP contribution in [0.1, 0.15) is 39.5 Å². The van der Waals surface area contributed by atoms with Crippen LogP contribution in [0.25, 0.3) is 0 Å². The van der Waals surface area contributed by atoms with Crippen LogP contribution in [0.2, 0.25) is 0 Å². The third-order valence-corrected chi connectivity index (χ3v) is 3.02. The normalized spacial score (nSPS) is 36.7. The van der Waals surface area contributed by atoms with Crippen molar-refractivity contribution in [2.24, 2.45) is 10.9 Å². The summed E-state index contributed by atoms with van der Waals surface area (Å²) >= 11 is 0. The first-order valence-electron chi connectivity index (χ1n) is 5.01. The first-order valence-corrected chi connectivity index (χ1v) is 5.01. The van der Waals surface area contributed by atoms with Crippen LogP contribution in [-0.4, -0.2) is 18.0 Å². The summed E-state index contributed by atoms with van der Waals surface area (Å²) in [5, 5.41) is 0. The molecule has 1 saturated carbocycles. The maximum absolute atomic E-state index is 5.71. The second-order valence-corrected chi connectivity index (χ2v) is 4.01. The second-order valence-electron chi connectivity index (χ2n) is 4.01. The van der Waals surface area contributed by atoms with Crippen molar-refractivity contribution in [3.63, 3.8) is 0 Å². The van der Waals surface area contributed by atoms with Crippen LogP contribution < -0.4 is 0 Å². The van der Waals surface area contributed by atoms with Crippen LogP contribution in [-0.2, 0) is 4.74 Å². The van der Waals surface area contributed by atoms with Gasteiger partial charge in [0.25, 0.3) is 0 Å². The van der Waals surface area contributed by atoms with Gasteiger partial charge in [-0.2, -0.15) is 0 Å². The van der Waals surface area contributed by atoms with E-state index in [1.165, 1.54) is 25.7 Å². The number of hydrogen-bond acceptors (Lipinski definition) is 2. The van der Waals surface area contributed by atoms with E-state index >= 15 is 0 Å². The Bertz CT molecular complexity index is 194. The van der Waals surface area contributed by atoms with Gasteiger partial charge in [-0.1, -0.05) is 12.8 Å². The Morgan fingerprint density at radius 3 is 2.42 bits per heavy atom. The molecule has 2 nitrogen and oxygen atoms in total. The van der Waals surface area contributed by atoms with Crippen molar-refractivity contribution in [3.8, 4) is 0 Å². The second kappa shape index (κ2) is 3.08. The van der Waals surface area contributed by atoms with Crippen LogP contribution >= 0.6 is 0 Å². The molecule has 12 heavy (non-hydrogen) atoms.